The highest BCUT2D eigenvalue weighted by molar-refractivity contribution is 6.32. The van der Waals surface area contributed by atoms with Gasteiger partial charge in [-0.3, -0.25) is 0 Å². The normalized spacial score (nSPS) is 9.21. The van der Waals surface area contributed by atoms with Gasteiger partial charge in [0.05, 0.1) is 12.2 Å². The van der Waals surface area contributed by atoms with Gasteiger partial charge in [0.15, 0.2) is 0 Å². The molecule has 0 radical (unpaired) electrons. The van der Waals surface area contributed by atoms with E-state index < -0.39 is 5.97 Å². The molecule has 0 unspecified atom stereocenters. The Morgan fingerprint density at radius 2 is 2.43 bits per heavy atom. The third-order valence-corrected chi connectivity index (χ3v) is 1.75. The van der Waals surface area contributed by atoms with Crippen LogP contribution in [0.4, 0.5) is 0 Å². The number of aromatic nitrogens is 1. The van der Waals surface area contributed by atoms with E-state index in [9.17, 15) is 4.79 Å². The van der Waals surface area contributed by atoms with Crippen LogP contribution in [0.5, 0.6) is 0 Å². The van der Waals surface area contributed by atoms with Gasteiger partial charge in [0.25, 0.3) is 0 Å². The number of nitriles is 1. The Balaban J connectivity index is 3.01. The highest BCUT2D eigenvalue weighted by Crippen LogP contribution is 2.14. The molecule has 1 rings (SSSR count). The summed E-state index contributed by atoms with van der Waals surface area (Å²) in [5.74, 6) is -0.533. The molecule has 0 saturated heterocycles. The van der Waals surface area contributed by atoms with E-state index in [1.807, 2.05) is 6.07 Å². The summed E-state index contributed by atoms with van der Waals surface area (Å²) >= 11 is 5.68. The molecule has 4 nitrogen and oxygen atoms in total. The number of hydrogen-bond acceptors (Lipinski definition) is 4. The fraction of sp³-hybridized carbons (Fsp3) is 0.222. The monoisotopic (exact) mass is 210 g/mol. The molecular formula is C9H7ClN2O2. The van der Waals surface area contributed by atoms with Crippen LogP contribution in [-0.2, 0) is 4.74 Å². The van der Waals surface area contributed by atoms with E-state index in [0.717, 1.165) is 0 Å². The zero-order valence-electron chi connectivity index (χ0n) is 7.45. The summed E-state index contributed by atoms with van der Waals surface area (Å²) < 4.78 is 4.74. The molecule has 1 heterocycles. The van der Waals surface area contributed by atoms with Crippen LogP contribution < -0.4 is 0 Å². The lowest BCUT2D eigenvalue weighted by molar-refractivity contribution is 0.0526. The first-order valence-corrected chi connectivity index (χ1v) is 4.30. The first-order valence-electron chi connectivity index (χ1n) is 3.92. The number of esters is 1. The number of carbonyl (C=O) groups is 1. The molecule has 0 atom stereocenters. The predicted octanol–water partition coefficient (Wildman–Crippen LogP) is 1.78. The number of pyridine rings is 1. The number of halogens is 1. The summed E-state index contributed by atoms with van der Waals surface area (Å²) in [6, 6.07) is 4.66. The maximum absolute atomic E-state index is 11.2. The molecule has 0 N–H and O–H groups in total. The van der Waals surface area contributed by atoms with E-state index in [0.29, 0.717) is 0 Å². The Morgan fingerprint density at radius 1 is 1.71 bits per heavy atom. The third-order valence-electron chi connectivity index (χ3n) is 1.46. The average molecular weight is 211 g/mol. The molecular weight excluding hydrogens is 204 g/mol. The highest BCUT2D eigenvalue weighted by atomic mass is 35.5. The standard InChI is InChI=1S/C9H7ClN2O2/c1-2-14-9(13)7-4-3-6(5-11)12-8(7)10/h3-4H,2H2,1H3. The molecule has 5 heteroatoms. The number of ether oxygens (including phenoxy) is 1. The first kappa shape index (κ1) is 10.5. The van der Waals surface area contributed by atoms with Gasteiger partial charge in [-0.1, -0.05) is 11.6 Å². The van der Waals surface area contributed by atoms with Crippen LogP contribution in [0.2, 0.25) is 5.15 Å². The first-order chi connectivity index (χ1) is 6.69. The molecule has 1 aromatic heterocycles. The molecule has 0 aliphatic heterocycles. The van der Waals surface area contributed by atoms with Crippen molar-refractivity contribution in [2.75, 3.05) is 6.61 Å². The molecule has 0 aromatic carbocycles. The van der Waals surface area contributed by atoms with E-state index in [2.05, 4.69) is 4.98 Å². The number of rotatable bonds is 2. The van der Waals surface area contributed by atoms with Crippen molar-refractivity contribution < 1.29 is 9.53 Å². The van der Waals surface area contributed by atoms with E-state index in [-0.39, 0.29) is 23.0 Å². The van der Waals surface area contributed by atoms with Crippen LogP contribution in [0.1, 0.15) is 23.0 Å². The van der Waals surface area contributed by atoms with Gasteiger partial charge in [-0.2, -0.15) is 5.26 Å². The minimum absolute atomic E-state index is 0.0116. The molecule has 0 fully saturated rings. The van der Waals surface area contributed by atoms with Crippen molar-refractivity contribution in [1.82, 2.24) is 4.98 Å². The van der Waals surface area contributed by atoms with Crippen LogP contribution >= 0.6 is 11.6 Å². The summed E-state index contributed by atoms with van der Waals surface area (Å²) in [5, 5.41) is 8.50. The van der Waals surface area contributed by atoms with Crippen molar-refractivity contribution in [2.24, 2.45) is 0 Å². The lowest BCUT2D eigenvalue weighted by Gasteiger charge is -2.02. The van der Waals surface area contributed by atoms with Gasteiger partial charge >= 0.3 is 5.97 Å². The minimum Gasteiger partial charge on any atom is -0.462 e. The van der Waals surface area contributed by atoms with Crippen molar-refractivity contribution in [1.29, 1.82) is 5.26 Å². The molecule has 0 bridgehead atoms. The van der Waals surface area contributed by atoms with Gasteiger partial charge in [-0.15, -0.1) is 0 Å². The fourth-order valence-electron chi connectivity index (χ4n) is 0.858. The van der Waals surface area contributed by atoms with Crippen molar-refractivity contribution in [3.63, 3.8) is 0 Å². The van der Waals surface area contributed by atoms with Gasteiger partial charge in [-0.05, 0) is 19.1 Å². The molecule has 0 spiro atoms. The Hall–Kier alpha value is -1.60. The van der Waals surface area contributed by atoms with Gasteiger partial charge in [0, 0.05) is 0 Å². The largest absolute Gasteiger partial charge is 0.462 e. The number of nitrogens with zero attached hydrogens (tertiary/aromatic N) is 2. The Labute approximate surface area is 86.1 Å². The van der Waals surface area contributed by atoms with Gasteiger partial charge < -0.3 is 4.74 Å². The summed E-state index contributed by atoms with van der Waals surface area (Å²) in [4.78, 5) is 14.9. The molecule has 0 aliphatic rings. The van der Waals surface area contributed by atoms with Gasteiger partial charge in [0.1, 0.15) is 16.9 Å². The number of hydrogen-bond donors (Lipinski definition) is 0. The average Bonchev–Trinajstić information content (AvgIpc) is 2.17. The second kappa shape index (κ2) is 4.58. The van der Waals surface area contributed by atoms with E-state index in [4.69, 9.17) is 21.6 Å². The predicted molar refractivity (Wildman–Crippen MR) is 49.9 cm³/mol. The Morgan fingerprint density at radius 3 is 2.93 bits per heavy atom. The minimum atomic E-state index is -0.533. The van der Waals surface area contributed by atoms with Crippen molar-refractivity contribution in [3.8, 4) is 6.07 Å². The van der Waals surface area contributed by atoms with E-state index in [1.54, 1.807) is 6.92 Å². The molecule has 1 aromatic rings. The maximum atomic E-state index is 11.2. The lowest BCUT2D eigenvalue weighted by Crippen LogP contribution is -2.06. The molecule has 72 valence electrons. The van der Waals surface area contributed by atoms with Crippen LogP contribution in [-0.4, -0.2) is 17.6 Å². The molecule has 14 heavy (non-hydrogen) atoms. The van der Waals surface area contributed by atoms with Gasteiger partial charge in [-0.25, -0.2) is 9.78 Å². The number of carbonyl (C=O) groups excluding carboxylic acids is 1. The highest BCUT2D eigenvalue weighted by Gasteiger charge is 2.12. The van der Waals surface area contributed by atoms with Crippen LogP contribution in [0.25, 0.3) is 0 Å². The van der Waals surface area contributed by atoms with E-state index in [1.165, 1.54) is 12.1 Å². The second-order valence-corrected chi connectivity index (χ2v) is 2.73. The van der Waals surface area contributed by atoms with Crippen LogP contribution in [0, 0.1) is 11.3 Å². The van der Waals surface area contributed by atoms with Crippen molar-refractivity contribution in [2.45, 2.75) is 6.92 Å². The lowest BCUT2D eigenvalue weighted by atomic mass is 10.2. The molecule has 0 amide bonds. The summed E-state index contributed by atoms with van der Waals surface area (Å²) in [6.45, 7) is 1.97. The zero-order chi connectivity index (χ0) is 10.6. The third kappa shape index (κ3) is 2.21. The van der Waals surface area contributed by atoms with Crippen molar-refractivity contribution >= 4 is 17.6 Å². The van der Waals surface area contributed by atoms with Crippen LogP contribution in [0.15, 0.2) is 12.1 Å². The Bertz CT molecular complexity index is 398. The summed E-state index contributed by atoms with van der Waals surface area (Å²) in [7, 11) is 0. The van der Waals surface area contributed by atoms with Crippen molar-refractivity contribution in [3.05, 3.63) is 28.5 Å². The smallest absolute Gasteiger partial charge is 0.341 e. The van der Waals surface area contributed by atoms with Crippen LogP contribution in [0.3, 0.4) is 0 Å². The Kier molecular flexibility index (Phi) is 3.43. The molecule has 0 saturated carbocycles. The quantitative estimate of drug-likeness (QED) is 0.551. The topological polar surface area (TPSA) is 63.0 Å². The zero-order valence-corrected chi connectivity index (χ0v) is 8.21. The summed E-state index contributed by atoms with van der Waals surface area (Å²) in [5.41, 5.74) is 0.343. The second-order valence-electron chi connectivity index (χ2n) is 2.37. The summed E-state index contributed by atoms with van der Waals surface area (Å²) in [6.07, 6.45) is 0. The van der Waals surface area contributed by atoms with E-state index >= 15 is 0 Å². The fourth-order valence-corrected chi connectivity index (χ4v) is 1.09. The van der Waals surface area contributed by atoms with Gasteiger partial charge in [0.2, 0.25) is 0 Å². The molecule has 0 aliphatic carbocycles. The SMILES string of the molecule is CCOC(=O)c1ccc(C#N)nc1Cl. The maximum Gasteiger partial charge on any atom is 0.341 e.